The number of rotatable bonds is 3. The zero-order valence-electron chi connectivity index (χ0n) is 9.91. The van der Waals surface area contributed by atoms with Gasteiger partial charge < -0.3 is 10.4 Å². The Hall–Kier alpha value is -1.09. The maximum atomic E-state index is 9.59. The van der Waals surface area contributed by atoms with Gasteiger partial charge in [-0.25, -0.2) is 4.98 Å². The van der Waals surface area contributed by atoms with Crippen LogP contribution in [0.5, 0.6) is 0 Å². The van der Waals surface area contributed by atoms with Crippen molar-refractivity contribution >= 4 is 5.82 Å². The van der Waals surface area contributed by atoms with Crippen LogP contribution in [0.4, 0.5) is 5.82 Å². The molecule has 1 rings (SSSR count). The lowest BCUT2D eigenvalue weighted by Gasteiger charge is -2.21. The summed E-state index contributed by atoms with van der Waals surface area (Å²) in [6, 6.07) is 3.81. The predicted octanol–water partition coefficient (Wildman–Crippen LogP) is 2.74. The van der Waals surface area contributed by atoms with Crippen molar-refractivity contribution in [3.8, 4) is 0 Å². The highest BCUT2D eigenvalue weighted by Gasteiger charge is 2.10. The summed E-state index contributed by atoms with van der Waals surface area (Å²) in [7, 11) is 0. The first-order valence-electron chi connectivity index (χ1n) is 5.34. The van der Waals surface area contributed by atoms with E-state index >= 15 is 0 Å². The quantitative estimate of drug-likeness (QED) is 0.802. The maximum absolute atomic E-state index is 9.59. The lowest BCUT2D eigenvalue weighted by Crippen LogP contribution is -2.26. The molecule has 3 heteroatoms. The van der Waals surface area contributed by atoms with Gasteiger partial charge in [0.2, 0.25) is 0 Å². The summed E-state index contributed by atoms with van der Waals surface area (Å²) < 4.78 is 0. The summed E-state index contributed by atoms with van der Waals surface area (Å²) in [6.07, 6.45) is 2.04. The van der Waals surface area contributed by atoms with Crippen LogP contribution in [0.2, 0.25) is 0 Å². The first kappa shape index (κ1) is 12.0. The van der Waals surface area contributed by atoms with E-state index in [1.807, 2.05) is 19.1 Å². The molecular weight excluding hydrogens is 188 g/mol. The molecule has 3 nitrogen and oxygen atoms in total. The van der Waals surface area contributed by atoms with Gasteiger partial charge in [-0.05, 0) is 38.8 Å². The third-order valence-electron chi connectivity index (χ3n) is 2.06. The van der Waals surface area contributed by atoms with Gasteiger partial charge in [0.05, 0.1) is 6.10 Å². The van der Waals surface area contributed by atoms with E-state index in [0.717, 1.165) is 11.4 Å². The zero-order valence-corrected chi connectivity index (χ0v) is 9.91. The standard InChI is InChI=1S/C12H20N2O/c1-5-10(15)9-6-7-11(13-8-9)14-12(2,3)4/h6-8,10,15H,5H2,1-4H3,(H,13,14)/t10-/m0/s1. The van der Waals surface area contributed by atoms with Gasteiger partial charge in [-0.2, -0.15) is 0 Å². The lowest BCUT2D eigenvalue weighted by atomic mass is 10.1. The van der Waals surface area contributed by atoms with E-state index in [1.165, 1.54) is 0 Å². The fraction of sp³-hybridized carbons (Fsp3) is 0.583. The largest absolute Gasteiger partial charge is 0.388 e. The van der Waals surface area contributed by atoms with Crippen LogP contribution in [0, 0.1) is 0 Å². The zero-order chi connectivity index (χ0) is 11.5. The summed E-state index contributed by atoms with van der Waals surface area (Å²) >= 11 is 0. The minimum Gasteiger partial charge on any atom is -0.388 e. The van der Waals surface area contributed by atoms with Gasteiger partial charge in [0.25, 0.3) is 0 Å². The Labute approximate surface area is 91.5 Å². The predicted molar refractivity (Wildman–Crippen MR) is 62.9 cm³/mol. The number of hydrogen-bond donors (Lipinski definition) is 2. The van der Waals surface area contributed by atoms with Crippen molar-refractivity contribution < 1.29 is 5.11 Å². The van der Waals surface area contributed by atoms with Crippen LogP contribution in [-0.2, 0) is 0 Å². The molecule has 0 bridgehead atoms. The highest BCUT2D eigenvalue weighted by atomic mass is 16.3. The van der Waals surface area contributed by atoms with E-state index in [0.29, 0.717) is 6.42 Å². The minimum atomic E-state index is -0.402. The molecule has 1 aromatic heterocycles. The van der Waals surface area contributed by atoms with Crippen molar-refractivity contribution in [1.29, 1.82) is 0 Å². The average molecular weight is 208 g/mol. The molecule has 2 N–H and O–H groups in total. The summed E-state index contributed by atoms with van der Waals surface area (Å²) in [5, 5.41) is 12.9. The molecule has 0 unspecified atom stereocenters. The van der Waals surface area contributed by atoms with Crippen molar-refractivity contribution in [2.45, 2.75) is 45.8 Å². The van der Waals surface area contributed by atoms with E-state index in [2.05, 4.69) is 31.1 Å². The summed E-state index contributed by atoms with van der Waals surface area (Å²) in [4.78, 5) is 4.26. The fourth-order valence-corrected chi connectivity index (χ4v) is 1.30. The Kier molecular flexibility index (Phi) is 3.69. The van der Waals surface area contributed by atoms with E-state index in [9.17, 15) is 5.11 Å². The molecule has 1 atom stereocenters. The normalized spacial score (nSPS) is 13.7. The number of pyridine rings is 1. The summed E-state index contributed by atoms with van der Waals surface area (Å²) in [6.45, 7) is 8.21. The van der Waals surface area contributed by atoms with Gasteiger partial charge in [0.15, 0.2) is 0 Å². The van der Waals surface area contributed by atoms with E-state index in [-0.39, 0.29) is 5.54 Å². The molecule has 0 aliphatic heterocycles. The number of aliphatic hydroxyl groups excluding tert-OH is 1. The Morgan fingerprint density at radius 3 is 2.47 bits per heavy atom. The Bertz CT molecular complexity index is 300. The first-order chi connectivity index (χ1) is 6.92. The van der Waals surface area contributed by atoms with Crippen LogP contribution in [0.1, 0.15) is 45.8 Å². The van der Waals surface area contributed by atoms with Gasteiger partial charge >= 0.3 is 0 Å². The van der Waals surface area contributed by atoms with Crippen molar-refractivity contribution in [1.82, 2.24) is 4.98 Å². The molecule has 1 heterocycles. The van der Waals surface area contributed by atoms with E-state index in [4.69, 9.17) is 0 Å². The Morgan fingerprint density at radius 2 is 2.07 bits per heavy atom. The van der Waals surface area contributed by atoms with Crippen LogP contribution in [0.25, 0.3) is 0 Å². The highest BCUT2D eigenvalue weighted by Crippen LogP contribution is 2.18. The molecule has 0 aromatic carbocycles. The van der Waals surface area contributed by atoms with Crippen molar-refractivity contribution in [2.24, 2.45) is 0 Å². The van der Waals surface area contributed by atoms with Gasteiger partial charge in [-0.15, -0.1) is 0 Å². The third-order valence-corrected chi connectivity index (χ3v) is 2.06. The number of aromatic nitrogens is 1. The molecule has 15 heavy (non-hydrogen) atoms. The molecule has 0 spiro atoms. The molecule has 0 aliphatic carbocycles. The Balaban J connectivity index is 2.72. The number of hydrogen-bond acceptors (Lipinski definition) is 3. The molecule has 0 fully saturated rings. The van der Waals surface area contributed by atoms with E-state index in [1.54, 1.807) is 6.20 Å². The number of aliphatic hydroxyl groups is 1. The lowest BCUT2D eigenvalue weighted by molar-refractivity contribution is 0.173. The molecule has 0 aliphatic rings. The molecular formula is C12H20N2O. The van der Waals surface area contributed by atoms with Crippen LogP contribution >= 0.6 is 0 Å². The fourth-order valence-electron chi connectivity index (χ4n) is 1.30. The SMILES string of the molecule is CC[C@H](O)c1ccc(NC(C)(C)C)nc1. The molecule has 0 amide bonds. The second-order valence-electron chi connectivity index (χ2n) is 4.78. The molecule has 0 saturated heterocycles. The maximum Gasteiger partial charge on any atom is 0.126 e. The van der Waals surface area contributed by atoms with Gasteiger partial charge in [0, 0.05) is 11.7 Å². The number of anilines is 1. The second kappa shape index (κ2) is 4.62. The second-order valence-corrected chi connectivity index (χ2v) is 4.78. The third kappa shape index (κ3) is 3.88. The summed E-state index contributed by atoms with van der Waals surface area (Å²) in [5.41, 5.74) is 0.884. The highest BCUT2D eigenvalue weighted by molar-refractivity contribution is 5.38. The van der Waals surface area contributed by atoms with Crippen LogP contribution in [0.3, 0.4) is 0 Å². The van der Waals surface area contributed by atoms with E-state index < -0.39 is 6.10 Å². The minimum absolute atomic E-state index is 0.0118. The van der Waals surface area contributed by atoms with Crippen molar-refractivity contribution in [3.05, 3.63) is 23.9 Å². The average Bonchev–Trinajstić information content (AvgIpc) is 2.15. The van der Waals surface area contributed by atoms with Gasteiger partial charge in [-0.1, -0.05) is 13.0 Å². The van der Waals surface area contributed by atoms with Crippen LogP contribution < -0.4 is 5.32 Å². The molecule has 1 aromatic rings. The Morgan fingerprint density at radius 1 is 1.40 bits per heavy atom. The monoisotopic (exact) mass is 208 g/mol. The molecule has 0 radical (unpaired) electrons. The first-order valence-corrected chi connectivity index (χ1v) is 5.34. The smallest absolute Gasteiger partial charge is 0.126 e. The topological polar surface area (TPSA) is 45.1 Å². The molecule has 84 valence electrons. The van der Waals surface area contributed by atoms with Crippen molar-refractivity contribution in [2.75, 3.05) is 5.32 Å². The molecule has 0 saturated carbocycles. The van der Waals surface area contributed by atoms with Gasteiger partial charge in [-0.3, -0.25) is 0 Å². The number of nitrogens with one attached hydrogen (secondary N) is 1. The van der Waals surface area contributed by atoms with Crippen LogP contribution in [-0.4, -0.2) is 15.6 Å². The number of nitrogens with zero attached hydrogens (tertiary/aromatic N) is 1. The van der Waals surface area contributed by atoms with Crippen LogP contribution in [0.15, 0.2) is 18.3 Å². The summed E-state index contributed by atoms with van der Waals surface area (Å²) in [5.74, 6) is 0.842. The van der Waals surface area contributed by atoms with Crippen molar-refractivity contribution in [3.63, 3.8) is 0 Å². The van der Waals surface area contributed by atoms with Gasteiger partial charge in [0.1, 0.15) is 5.82 Å².